The standard InChI is InChI=1S/C18H25N5O2/c1-12-11-17-19-13(2)16(14(3)23(17)20-12)5-6-18(25)22-9-7-21(8-10-22)15(4)24/h11H,5-10H2,1-4H3. The van der Waals surface area contributed by atoms with Gasteiger partial charge in [-0.15, -0.1) is 0 Å². The van der Waals surface area contributed by atoms with Crippen molar-refractivity contribution < 1.29 is 9.59 Å². The average molecular weight is 343 g/mol. The normalized spacial score (nSPS) is 15.0. The van der Waals surface area contributed by atoms with Crippen molar-refractivity contribution in [3.05, 3.63) is 28.7 Å². The first-order valence-electron chi connectivity index (χ1n) is 8.72. The molecule has 0 bridgehead atoms. The molecule has 25 heavy (non-hydrogen) atoms. The molecule has 0 N–H and O–H groups in total. The van der Waals surface area contributed by atoms with Crippen LogP contribution in [0.15, 0.2) is 6.07 Å². The van der Waals surface area contributed by atoms with Crippen molar-refractivity contribution in [3.63, 3.8) is 0 Å². The highest BCUT2D eigenvalue weighted by atomic mass is 16.2. The van der Waals surface area contributed by atoms with Gasteiger partial charge in [-0.3, -0.25) is 9.59 Å². The molecule has 0 radical (unpaired) electrons. The summed E-state index contributed by atoms with van der Waals surface area (Å²) in [6.45, 7) is 10.0. The van der Waals surface area contributed by atoms with Gasteiger partial charge < -0.3 is 9.80 Å². The van der Waals surface area contributed by atoms with Gasteiger partial charge in [0.2, 0.25) is 11.8 Å². The maximum atomic E-state index is 12.5. The van der Waals surface area contributed by atoms with Crippen LogP contribution in [-0.2, 0) is 16.0 Å². The summed E-state index contributed by atoms with van der Waals surface area (Å²) in [5.41, 5.74) is 4.88. The molecular formula is C18H25N5O2. The fraction of sp³-hybridized carbons (Fsp3) is 0.556. The Morgan fingerprint density at radius 3 is 2.36 bits per heavy atom. The largest absolute Gasteiger partial charge is 0.339 e. The van der Waals surface area contributed by atoms with Crippen molar-refractivity contribution in [2.24, 2.45) is 0 Å². The van der Waals surface area contributed by atoms with Gasteiger partial charge in [0.1, 0.15) is 0 Å². The number of fused-ring (bicyclic) bond motifs is 1. The third-order valence-electron chi connectivity index (χ3n) is 4.95. The second kappa shape index (κ2) is 6.82. The van der Waals surface area contributed by atoms with E-state index in [1.165, 1.54) is 0 Å². The predicted octanol–water partition coefficient (Wildman–Crippen LogP) is 1.28. The maximum Gasteiger partial charge on any atom is 0.223 e. The van der Waals surface area contributed by atoms with Crippen LogP contribution in [0.2, 0.25) is 0 Å². The van der Waals surface area contributed by atoms with Crippen LogP contribution >= 0.6 is 0 Å². The zero-order valence-corrected chi connectivity index (χ0v) is 15.4. The molecule has 0 aromatic carbocycles. The summed E-state index contributed by atoms with van der Waals surface area (Å²) in [5.74, 6) is 0.214. The minimum Gasteiger partial charge on any atom is -0.339 e. The number of aryl methyl sites for hydroxylation is 3. The van der Waals surface area contributed by atoms with E-state index in [4.69, 9.17) is 0 Å². The number of hydrogen-bond acceptors (Lipinski definition) is 4. The number of amides is 2. The quantitative estimate of drug-likeness (QED) is 0.842. The number of nitrogens with zero attached hydrogens (tertiary/aromatic N) is 5. The SMILES string of the molecule is CC(=O)N1CCN(C(=O)CCc2c(C)nc3cc(C)nn3c2C)CC1. The van der Waals surface area contributed by atoms with E-state index in [0.717, 1.165) is 28.3 Å². The number of carbonyl (C=O) groups is 2. The molecule has 2 amide bonds. The van der Waals surface area contributed by atoms with Crippen LogP contribution in [-0.4, -0.2) is 62.4 Å². The smallest absolute Gasteiger partial charge is 0.223 e. The molecule has 2 aromatic rings. The van der Waals surface area contributed by atoms with E-state index in [1.54, 1.807) is 11.8 Å². The van der Waals surface area contributed by atoms with Gasteiger partial charge in [-0.05, 0) is 32.8 Å². The average Bonchev–Trinajstić information content (AvgIpc) is 2.95. The lowest BCUT2D eigenvalue weighted by atomic mass is 10.1. The molecule has 2 aromatic heterocycles. The Morgan fingerprint density at radius 1 is 1.08 bits per heavy atom. The summed E-state index contributed by atoms with van der Waals surface area (Å²) >= 11 is 0. The Bertz CT molecular complexity index is 818. The summed E-state index contributed by atoms with van der Waals surface area (Å²) < 4.78 is 1.85. The van der Waals surface area contributed by atoms with Crippen molar-refractivity contribution in [1.29, 1.82) is 0 Å². The van der Waals surface area contributed by atoms with Crippen molar-refractivity contribution in [3.8, 4) is 0 Å². The fourth-order valence-electron chi connectivity index (χ4n) is 3.46. The first kappa shape index (κ1) is 17.4. The molecule has 0 unspecified atom stereocenters. The van der Waals surface area contributed by atoms with Gasteiger partial charge in [-0.25, -0.2) is 9.50 Å². The lowest BCUT2D eigenvalue weighted by molar-refractivity contribution is -0.138. The Morgan fingerprint density at radius 2 is 1.72 bits per heavy atom. The Hall–Kier alpha value is -2.44. The lowest BCUT2D eigenvalue weighted by Gasteiger charge is -2.34. The van der Waals surface area contributed by atoms with E-state index in [0.29, 0.717) is 39.0 Å². The van der Waals surface area contributed by atoms with Crippen LogP contribution in [0.25, 0.3) is 5.65 Å². The van der Waals surface area contributed by atoms with Crippen molar-refractivity contribution in [2.75, 3.05) is 26.2 Å². The Kier molecular flexibility index (Phi) is 4.74. The minimum absolute atomic E-state index is 0.0761. The van der Waals surface area contributed by atoms with Gasteiger partial charge in [0, 0.05) is 57.0 Å². The molecule has 1 aliphatic heterocycles. The first-order chi connectivity index (χ1) is 11.9. The van der Waals surface area contributed by atoms with Crippen LogP contribution < -0.4 is 0 Å². The van der Waals surface area contributed by atoms with Crippen molar-refractivity contribution >= 4 is 17.5 Å². The van der Waals surface area contributed by atoms with Crippen molar-refractivity contribution in [1.82, 2.24) is 24.4 Å². The van der Waals surface area contributed by atoms with Crippen LogP contribution in [0.1, 0.15) is 36.0 Å². The lowest BCUT2D eigenvalue weighted by Crippen LogP contribution is -2.50. The third kappa shape index (κ3) is 3.50. The molecule has 134 valence electrons. The van der Waals surface area contributed by atoms with Gasteiger partial charge in [0.25, 0.3) is 0 Å². The maximum absolute atomic E-state index is 12.5. The van der Waals surface area contributed by atoms with Gasteiger partial charge in [0.05, 0.1) is 5.69 Å². The second-order valence-corrected chi connectivity index (χ2v) is 6.70. The van der Waals surface area contributed by atoms with E-state index < -0.39 is 0 Å². The minimum atomic E-state index is 0.0761. The molecule has 0 atom stereocenters. The molecule has 0 aliphatic carbocycles. The molecule has 7 nitrogen and oxygen atoms in total. The van der Waals surface area contributed by atoms with Gasteiger partial charge in [-0.1, -0.05) is 0 Å². The Balaban J connectivity index is 1.66. The molecular weight excluding hydrogens is 318 g/mol. The monoisotopic (exact) mass is 343 g/mol. The molecule has 1 fully saturated rings. The zero-order valence-electron chi connectivity index (χ0n) is 15.4. The third-order valence-corrected chi connectivity index (χ3v) is 4.95. The summed E-state index contributed by atoms with van der Waals surface area (Å²) in [6, 6.07) is 1.96. The topological polar surface area (TPSA) is 70.8 Å². The summed E-state index contributed by atoms with van der Waals surface area (Å²) in [4.78, 5) is 32.1. The summed E-state index contributed by atoms with van der Waals surface area (Å²) in [6.07, 6.45) is 1.11. The van der Waals surface area contributed by atoms with Crippen molar-refractivity contribution in [2.45, 2.75) is 40.5 Å². The van der Waals surface area contributed by atoms with Crippen LogP contribution in [0.5, 0.6) is 0 Å². The highest BCUT2D eigenvalue weighted by molar-refractivity contribution is 5.77. The number of piperazine rings is 1. The number of carbonyl (C=O) groups excluding carboxylic acids is 2. The number of aromatic nitrogens is 3. The molecule has 0 saturated carbocycles. The highest BCUT2D eigenvalue weighted by Crippen LogP contribution is 2.17. The van der Waals surface area contributed by atoms with E-state index in [2.05, 4.69) is 10.1 Å². The van der Waals surface area contributed by atoms with Crippen LogP contribution in [0.4, 0.5) is 0 Å². The molecule has 7 heteroatoms. The molecule has 3 rings (SSSR count). The molecule has 1 aliphatic rings. The number of hydrogen-bond donors (Lipinski definition) is 0. The van der Waals surface area contributed by atoms with E-state index in [1.807, 2.05) is 36.3 Å². The zero-order chi connectivity index (χ0) is 18.1. The van der Waals surface area contributed by atoms with Crippen LogP contribution in [0.3, 0.4) is 0 Å². The first-order valence-corrected chi connectivity index (χ1v) is 8.72. The van der Waals surface area contributed by atoms with E-state index in [-0.39, 0.29) is 11.8 Å². The number of rotatable bonds is 3. The van der Waals surface area contributed by atoms with Gasteiger partial charge >= 0.3 is 0 Å². The van der Waals surface area contributed by atoms with Gasteiger partial charge in [-0.2, -0.15) is 5.10 Å². The fourth-order valence-corrected chi connectivity index (χ4v) is 3.46. The van der Waals surface area contributed by atoms with E-state index in [9.17, 15) is 9.59 Å². The molecule has 1 saturated heterocycles. The Labute approximate surface area is 147 Å². The predicted molar refractivity (Wildman–Crippen MR) is 94.4 cm³/mol. The molecule has 3 heterocycles. The second-order valence-electron chi connectivity index (χ2n) is 6.70. The van der Waals surface area contributed by atoms with Gasteiger partial charge in [0.15, 0.2) is 5.65 Å². The molecule has 0 spiro atoms. The summed E-state index contributed by atoms with van der Waals surface area (Å²) in [5, 5.41) is 4.48. The highest BCUT2D eigenvalue weighted by Gasteiger charge is 2.22. The summed E-state index contributed by atoms with van der Waals surface area (Å²) in [7, 11) is 0. The van der Waals surface area contributed by atoms with Crippen LogP contribution in [0, 0.1) is 20.8 Å². The van der Waals surface area contributed by atoms with E-state index >= 15 is 0 Å².